The highest BCUT2D eigenvalue weighted by atomic mass is 19.3. The summed E-state index contributed by atoms with van der Waals surface area (Å²) >= 11 is 0. The molecule has 0 saturated heterocycles. The van der Waals surface area contributed by atoms with Gasteiger partial charge < -0.3 is 5.32 Å². The van der Waals surface area contributed by atoms with Gasteiger partial charge in [-0.15, -0.1) is 0 Å². The van der Waals surface area contributed by atoms with Crippen molar-refractivity contribution in [2.45, 2.75) is 26.1 Å². The Hall–Kier alpha value is -1.76. The number of rotatable bonds is 6. The smallest absolute Gasteiger partial charge is 0.257 e. The second-order valence-corrected chi connectivity index (χ2v) is 3.97. The average molecular weight is 255 g/mol. The van der Waals surface area contributed by atoms with E-state index in [1.165, 1.54) is 4.68 Å². The van der Waals surface area contributed by atoms with Crippen molar-refractivity contribution < 1.29 is 8.78 Å². The van der Waals surface area contributed by atoms with Crippen LogP contribution in [-0.2, 0) is 26.7 Å². The Morgan fingerprint density at radius 1 is 1.33 bits per heavy atom. The summed E-state index contributed by atoms with van der Waals surface area (Å²) in [5, 5.41) is 11.3. The molecule has 0 saturated carbocycles. The van der Waals surface area contributed by atoms with E-state index in [-0.39, 0.29) is 6.54 Å². The van der Waals surface area contributed by atoms with Gasteiger partial charge in [0, 0.05) is 32.5 Å². The van der Waals surface area contributed by atoms with Gasteiger partial charge >= 0.3 is 0 Å². The van der Waals surface area contributed by atoms with E-state index in [0.717, 1.165) is 11.4 Å². The first kappa shape index (κ1) is 12.7. The van der Waals surface area contributed by atoms with Crippen LogP contribution in [0.2, 0.25) is 0 Å². The Morgan fingerprint density at radius 3 is 2.83 bits per heavy atom. The van der Waals surface area contributed by atoms with Crippen molar-refractivity contribution in [3.05, 3.63) is 35.9 Å². The fourth-order valence-electron chi connectivity index (χ4n) is 1.63. The van der Waals surface area contributed by atoms with Crippen molar-refractivity contribution in [3.8, 4) is 0 Å². The molecule has 1 N–H and O–H groups in total. The van der Waals surface area contributed by atoms with Crippen LogP contribution < -0.4 is 5.32 Å². The first-order valence-electron chi connectivity index (χ1n) is 5.63. The van der Waals surface area contributed by atoms with Crippen LogP contribution in [-0.4, -0.2) is 26.0 Å². The van der Waals surface area contributed by atoms with Crippen molar-refractivity contribution in [2.75, 3.05) is 0 Å². The molecule has 0 radical (unpaired) electrons. The third kappa shape index (κ3) is 3.36. The largest absolute Gasteiger partial charge is 0.305 e. The predicted molar refractivity (Wildman–Crippen MR) is 62.0 cm³/mol. The molecule has 0 aliphatic carbocycles. The molecule has 0 spiro atoms. The normalized spacial score (nSPS) is 11.3. The van der Waals surface area contributed by atoms with Gasteiger partial charge in [-0.05, 0) is 12.1 Å². The molecule has 0 aliphatic heterocycles. The number of nitrogens with one attached hydrogen (secondary N) is 1. The van der Waals surface area contributed by atoms with Gasteiger partial charge in [-0.3, -0.25) is 9.36 Å². The van der Waals surface area contributed by atoms with E-state index in [1.54, 1.807) is 23.1 Å². The Kier molecular flexibility index (Phi) is 4.03. The van der Waals surface area contributed by atoms with E-state index in [4.69, 9.17) is 0 Å². The van der Waals surface area contributed by atoms with Crippen molar-refractivity contribution in [2.24, 2.45) is 7.05 Å². The first-order chi connectivity index (χ1) is 8.65. The highest BCUT2D eigenvalue weighted by Gasteiger charge is 2.05. The topological polar surface area (TPSA) is 47.7 Å². The molecule has 2 aromatic rings. The molecule has 5 nitrogen and oxygen atoms in total. The molecule has 0 aromatic carbocycles. The highest BCUT2D eigenvalue weighted by Crippen LogP contribution is 2.01. The summed E-state index contributed by atoms with van der Waals surface area (Å²) in [6.45, 7) is 0.849. The quantitative estimate of drug-likeness (QED) is 0.843. The van der Waals surface area contributed by atoms with E-state index in [0.29, 0.717) is 13.1 Å². The number of alkyl halides is 2. The van der Waals surface area contributed by atoms with Crippen LogP contribution >= 0.6 is 0 Å². The number of hydrogen-bond acceptors (Lipinski definition) is 3. The molecule has 0 aliphatic rings. The Morgan fingerprint density at radius 2 is 2.17 bits per heavy atom. The summed E-state index contributed by atoms with van der Waals surface area (Å²) in [5.74, 6) is 0. The van der Waals surface area contributed by atoms with E-state index in [2.05, 4.69) is 15.5 Å². The second-order valence-electron chi connectivity index (χ2n) is 3.97. The van der Waals surface area contributed by atoms with Crippen molar-refractivity contribution in [3.63, 3.8) is 0 Å². The van der Waals surface area contributed by atoms with Gasteiger partial charge in [-0.1, -0.05) is 0 Å². The molecule has 2 rings (SSSR count). The van der Waals surface area contributed by atoms with Gasteiger partial charge in [0.1, 0.15) is 6.54 Å². The lowest BCUT2D eigenvalue weighted by Gasteiger charge is -2.03. The third-order valence-electron chi connectivity index (χ3n) is 2.56. The fourth-order valence-corrected chi connectivity index (χ4v) is 1.63. The summed E-state index contributed by atoms with van der Waals surface area (Å²) in [6, 6.07) is 3.65. The minimum absolute atomic E-state index is 0.359. The Bertz CT molecular complexity index is 491. The van der Waals surface area contributed by atoms with Gasteiger partial charge in [0.15, 0.2) is 0 Å². The summed E-state index contributed by atoms with van der Waals surface area (Å²) < 4.78 is 27.3. The maximum absolute atomic E-state index is 12.1. The molecule has 2 heterocycles. The molecular formula is C11H15F2N5. The van der Waals surface area contributed by atoms with E-state index in [1.807, 2.05) is 13.1 Å². The van der Waals surface area contributed by atoms with E-state index < -0.39 is 6.43 Å². The lowest BCUT2D eigenvalue weighted by atomic mass is 10.4. The third-order valence-corrected chi connectivity index (χ3v) is 2.56. The number of hydrogen-bond donors (Lipinski definition) is 1. The zero-order valence-corrected chi connectivity index (χ0v) is 10.1. The molecule has 7 heteroatoms. The zero-order valence-electron chi connectivity index (χ0n) is 10.1. The Balaban J connectivity index is 1.80. The van der Waals surface area contributed by atoms with Crippen molar-refractivity contribution >= 4 is 0 Å². The molecule has 2 aromatic heterocycles. The summed E-state index contributed by atoms with van der Waals surface area (Å²) in [7, 11) is 1.87. The zero-order chi connectivity index (χ0) is 13.0. The molecule has 0 unspecified atom stereocenters. The number of aryl methyl sites for hydroxylation is 1. The minimum atomic E-state index is -2.37. The van der Waals surface area contributed by atoms with Crippen LogP contribution in [0, 0.1) is 0 Å². The standard InChI is InChI=1S/C11H15F2N5/c1-17-10(2-4-15-17)7-14-6-9-3-5-18(16-9)8-11(12)13/h2-5,11,14H,6-8H2,1H3. The molecule has 0 amide bonds. The summed E-state index contributed by atoms with van der Waals surface area (Å²) in [6.07, 6.45) is 0.918. The van der Waals surface area contributed by atoms with Crippen LogP contribution in [0.3, 0.4) is 0 Å². The lowest BCUT2D eigenvalue weighted by molar-refractivity contribution is 0.121. The van der Waals surface area contributed by atoms with Crippen LogP contribution in [0.4, 0.5) is 8.78 Å². The summed E-state index contributed by atoms with van der Waals surface area (Å²) in [4.78, 5) is 0. The van der Waals surface area contributed by atoms with Crippen molar-refractivity contribution in [1.29, 1.82) is 0 Å². The van der Waals surface area contributed by atoms with Crippen molar-refractivity contribution in [1.82, 2.24) is 24.9 Å². The molecule has 0 fully saturated rings. The van der Waals surface area contributed by atoms with Gasteiger partial charge in [-0.25, -0.2) is 8.78 Å². The first-order valence-corrected chi connectivity index (χ1v) is 5.63. The van der Waals surface area contributed by atoms with Crippen LogP contribution in [0.15, 0.2) is 24.5 Å². The Labute approximate surface area is 103 Å². The van der Waals surface area contributed by atoms with Crippen LogP contribution in [0.1, 0.15) is 11.4 Å². The van der Waals surface area contributed by atoms with Crippen LogP contribution in [0.25, 0.3) is 0 Å². The van der Waals surface area contributed by atoms with Crippen LogP contribution in [0.5, 0.6) is 0 Å². The number of halogens is 2. The van der Waals surface area contributed by atoms with Gasteiger partial charge in [0.25, 0.3) is 6.43 Å². The van der Waals surface area contributed by atoms with Gasteiger partial charge in [0.2, 0.25) is 0 Å². The van der Waals surface area contributed by atoms with E-state index in [9.17, 15) is 8.78 Å². The number of aromatic nitrogens is 4. The molecule has 0 bridgehead atoms. The lowest BCUT2D eigenvalue weighted by Crippen LogP contribution is -2.16. The number of nitrogens with zero attached hydrogens (tertiary/aromatic N) is 4. The van der Waals surface area contributed by atoms with Gasteiger partial charge in [-0.2, -0.15) is 10.2 Å². The minimum Gasteiger partial charge on any atom is -0.305 e. The molecular weight excluding hydrogens is 240 g/mol. The predicted octanol–water partition coefficient (Wildman–Crippen LogP) is 1.17. The maximum atomic E-state index is 12.1. The highest BCUT2D eigenvalue weighted by molar-refractivity contribution is 5.01. The van der Waals surface area contributed by atoms with Gasteiger partial charge in [0.05, 0.1) is 11.4 Å². The molecule has 18 heavy (non-hydrogen) atoms. The second kappa shape index (κ2) is 5.72. The molecule has 98 valence electrons. The summed E-state index contributed by atoms with van der Waals surface area (Å²) in [5.41, 5.74) is 1.81. The molecule has 0 atom stereocenters. The maximum Gasteiger partial charge on any atom is 0.257 e. The average Bonchev–Trinajstić information content (AvgIpc) is 2.89. The monoisotopic (exact) mass is 255 g/mol. The van der Waals surface area contributed by atoms with E-state index >= 15 is 0 Å². The SMILES string of the molecule is Cn1nccc1CNCc1ccn(CC(F)F)n1. The fraction of sp³-hybridized carbons (Fsp3) is 0.455.